The molecule has 1 unspecified atom stereocenters. The van der Waals surface area contributed by atoms with E-state index in [-0.39, 0.29) is 24.1 Å². The van der Waals surface area contributed by atoms with Crippen LogP contribution in [0.5, 0.6) is 5.75 Å². The van der Waals surface area contributed by atoms with Gasteiger partial charge >= 0.3 is 0 Å². The van der Waals surface area contributed by atoms with Gasteiger partial charge in [-0.3, -0.25) is 9.69 Å². The number of nitriles is 2. The molecule has 1 saturated heterocycles. The number of ketones is 1. The minimum absolute atomic E-state index is 0.162. The summed E-state index contributed by atoms with van der Waals surface area (Å²) in [6.07, 6.45) is 0.664. The molecule has 0 amide bonds. The van der Waals surface area contributed by atoms with E-state index in [0.717, 1.165) is 24.3 Å². The molecule has 2 aromatic rings. The number of morpholine rings is 1. The van der Waals surface area contributed by atoms with Crippen LogP contribution in [-0.2, 0) is 11.3 Å². The van der Waals surface area contributed by atoms with Crippen molar-refractivity contribution in [3.63, 3.8) is 0 Å². The Morgan fingerprint density at radius 2 is 1.88 bits per heavy atom. The molecule has 1 heterocycles. The molecule has 0 aromatic heterocycles. The van der Waals surface area contributed by atoms with Gasteiger partial charge < -0.3 is 14.4 Å². The fourth-order valence-corrected chi connectivity index (χ4v) is 3.92. The third kappa shape index (κ3) is 7.28. The first-order valence-electron chi connectivity index (χ1n) is 11.3. The molecular formula is C26H29FN4O3. The lowest BCUT2D eigenvalue weighted by Crippen LogP contribution is -2.44. The van der Waals surface area contributed by atoms with E-state index in [1.807, 2.05) is 12.1 Å². The smallest absolute Gasteiger partial charge is 0.163 e. The van der Waals surface area contributed by atoms with Gasteiger partial charge in [0.05, 0.1) is 37.2 Å². The maximum absolute atomic E-state index is 13.5. The second kappa shape index (κ2) is 12.7. The summed E-state index contributed by atoms with van der Waals surface area (Å²) in [7, 11) is 0. The molecule has 2 aromatic carbocycles. The zero-order chi connectivity index (χ0) is 24.3. The van der Waals surface area contributed by atoms with Crippen LogP contribution >= 0.6 is 0 Å². The Labute approximate surface area is 199 Å². The van der Waals surface area contributed by atoms with E-state index in [1.165, 1.54) is 25.1 Å². The number of rotatable bonds is 11. The van der Waals surface area contributed by atoms with Crippen LogP contribution in [0.15, 0.2) is 42.5 Å². The molecule has 1 atom stereocenters. The largest absolute Gasteiger partial charge is 0.490 e. The molecule has 1 fully saturated rings. The molecule has 178 valence electrons. The van der Waals surface area contributed by atoms with Gasteiger partial charge in [-0.1, -0.05) is 12.1 Å². The van der Waals surface area contributed by atoms with Gasteiger partial charge in [0.1, 0.15) is 24.3 Å². The molecule has 0 spiro atoms. The number of benzene rings is 2. The quantitative estimate of drug-likeness (QED) is 0.465. The second-order valence-electron chi connectivity index (χ2n) is 8.21. The Bertz CT molecular complexity index is 1030. The third-order valence-corrected chi connectivity index (χ3v) is 5.66. The summed E-state index contributed by atoms with van der Waals surface area (Å²) in [6.45, 7) is 5.66. The van der Waals surface area contributed by atoms with Crippen molar-refractivity contribution in [2.24, 2.45) is 0 Å². The van der Waals surface area contributed by atoms with Crippen molar-refractivity contribution in [2.45, 2.75) is 32.4 Å². The van der Waals surface area contributed by atoms with E-state index in [9.17, 15) is 9.18 Å². The standard InChI is InChI=1S/C26H29FN4O3/c1-20(32)25-16-22(27)6-9-26(25)34-19-24-18-30(14-15-33-24)17-21-4-7-23(8-5-21)31(12-2-10-28)13-3-11-29/h4-9,16,24H,2-3,12-15,17-19H2,1H3. The topological polar surface area (TPSA) is 89.6 Å². The fraction of sp³-hybridized carbons (Fsp3) is 0.423. The Morgan fingerprint density at radius 1 is 1.18 bits per heavy atom. The first kappa shape index (κ1) is 25.2. The number of carbonyl (C=O) groups excluding carboxylic acids is 1. The lowest BCUT2D eigenvalue weighted by Gasteiger charge is -2.33. The summed E-state index contributed by atoms with van der Waals surface area (Å²) in [5, 5.41) is 17.8. The number of anilines is 1. The molecule has 0 saturated carbocycles. The van der Waals surface area contributed by atoms with Gasteiger partial charge in [0.2, 0.25) is 0 Å². The van der Waals surface area contributed by atoms with E-state index < -0.39 is 5.82 Å². The minimum atomic E-state index is -0.470. The fourth-order valence-electron chi connectivity index (χ4n) is 3.92. The monoisotopic (exact) mass is 464 g/mol. The van der Waals surface area contributed by atoms with Crippen LogP contribution in [0.3, 0.4) is 0 Å². The average molecular weight is 465 g/mol. The first-order chi connectivity index (χ1) is 16.5. The van der Waals surface area contributed by atoms with Crippen molar-refractivity contribution in [2.75, 3.05) is 44.3 Å². The second-order valence-corrected chi connectivity index (χ2v) is 8.21. The van der Waals surface area contributed by atoms with Crippen LogP contribution in [0.4, 0.5) is 10.1 Å². The molecule has 0 aliphatic carbocycles. The average Bonchev–Trinajstić information content (AvgIpc) is 2.84. The molecule has 1 aliphatic rings. The van der Waals surface area contributed by atoms with Crippen LogP contribution in [0.1, 0.15) is 35.7 Å². The van der Waals surface area contributed by atoms with Gasteiger partial charge in [-0.15, -0.1) is 0 Å². The van der Waals surface area contributed by atoms with Gasteiger partial charge in [0.25, 0.3) is 0 Å². The molecule has 1 aliphatic heterocycles. The summed E-state index contributed by atoms with van der Waals surface area (Å²) in [6, 6.07) is 16.5. The van der Waals surface area contributed by atoms with Crippen molar-refractivity contribution in [1.29, 1.82) is 10.5 Å². The van der Waals surface area contributed by atoms with Gasteiger partial charge in [0.15, 0.2) is 5.78 Å². The lowest BCUT2D eigenvalue weighted by molar-refractivity contribution is -0.0505. The number of carbonyl (C=O) groups is 1. The van der Waals surface area contributed by atoms with E-state index in [2.05, 4.69) is 34.1 Å². The van der Waals surface area contributed by atoms with Crippen molar-refractivity contribution >= 4 is 11.5 Å². The number of nitrogens with zero attached hydrogens (tertiary/aromatic N) is 4. The maximum atomic E-state index is 13.5. The molecule has 0 radical (unpaired) electrons. The molecule has 7 nitrogen and oxygen atoms in total. The van der Waals surface area contributed by atoms with Gasteiger partial charge in [0, 0.05) is 38.4 Å². The Morgan fingerprint density at radius 3 is 2.53 bits per heavy atom. The summed E-state index contributed by atoms with van der Waals surface area (Å²) >= 11 is 0. The van der Waals surface area contributed by atoms with Crippen LogP contribution in [-0.4, -0.2) is 56.2 Å². The zero-order valence-electron chi connectivity index (χ0n) is 19.4. The summed E-state index contributed by atoms with van der Waals surface area (Å²) < 4.78 is 25.1. The normalized spacial score (nSPS) is 15.8. The van der Waals surface area contributed by atoms with Crippen molar-refractivity contribution in [3.05, 3.63) is 59.4 Å². The Balaban J connectivity index is 1.55. The van der Waals surface area contributed by atoms with Crippen LogP contribution in [0, 0.1) is 28.5 Å². The van der Waals surface area contributed by atoms with E-state index >= 15 is 0 Å². The molecule has 34 heavy (non-hydrogen) atoms. The maximum Gasteiger partial charge on any atom is 0.163 e. The van der Waals surface area contributed by atoms with E-state index in [4.69, 9.17) is 20.0 Å². The van der Waals surface area contributed by atoms with Gasteiger partial charge in [-0.05, 0) is 42.8 Å². The van der Waals surface area contributed by atoms with Gasteiger partial charge in [-0.2, -0.15) is 10.5 Å². The first-order valence-corrected chi connectivity index (χ1v) is 11.3. The molecule has 3 rings (SSSR count). The highest BCUT2D eigenvalue weighted by Gasteiger charge is 2.22. The molecule has 0 bridgehead atoms. The minimum Gasteiger partial charge on any atom is -0.490 e. The van der Waals surface area contributed by atoms with Crippen LogP contribution < -0.4 is 9.64 Å². The van der Waals surface area contributed by atoms with E-state index in [1.54, 1.807) is 0 Å². The Kier molecular flexibility index (Phi) is 9.40. The van der Waals surface area contributed by atoms with Crippen LogP contribution in [0.25, 0.3) is 0 Å². The highest BCUT2D eigenvalue weighted by molar-refractivity contribution is 5.96. The SMILES string of the molecule is CC(=O)c1cc(F)ccc1OCC1CN(Cc2ccc(N(CCC#N)CCC#N)cc2)CCO1. The van der Waals surface area contributed by atoms with Crippen molar-refractivity contribution in [3.8, 4) is 17.9 Å². The summed E-state index contributed by atoms with van der Waals surface area (Å²) in [4.78, 5) is 16.1. The number of halogens is 1. The van der Waals surface area contributed by atoms with E-state index in [0.29, 0.717) is 44.8 Å². The third-order valence-electron chi connectivity index (χ3n) is 5.66. The molecule has 0 N–H and O–H groups in total. The van der Waals surface area contributed by atoms with Crippen molar-refractivity contribution in [1.82, 2.24) is 4.90 Å². The number of ether oxygens (including phenoxy) is 2. The summed E-state index contributed by atoms with van der Waals surface area (Å²) in [5.74, 6) is -0.354. The Hall–Kier alpha value is -3.46. The van der Waals surface area contributed by atoms with Crippen LogP contribution in [0.2, 0.25) is 0 Å². The zero-order valence-corrected chi connectivity index (χ0v) is 19.4. The number of hydrogen-bond donors (Lipinski definition) is 0. The molecule has 8 heteroatoms. The predicted octanol–water partition coefficient (Wildman–Crippen LogP) is 3.94. The number of hydrogen-bond acceptors (Lipinski definition) is 7. The molecular weight excluding hydrogens is 435 g/mol. The lowest BCUT2D eigenvalue weighted by atomic mass is 10.1. The predicted molar refractivity (Wildman–Crippen MR) is 126 cm³/mol. The van der Waals surface area contributed by atoms with Crippen molar-refractivity contribution < 1.29 is 18.7 Å². The number of Topliss-reactive ketones (excluding diaryl/α,β-unsaturated/α-hetero) is 1. The van der Waals surface area contributed by atoms with Gasteiger partial charge in [-0.25, -0.2) is 4.39 Å². The highest BCUT2D eigenvalue weighted by Crippen LogP contribution is 2.22. The summed E-state index contributed by atoms with van der Waals surface area (Å²) in [5.41, 5.74) is 2.39. The highest BCUT2D eigenvalue weighted by atomic mass is 19.1.